The summed E-state index contributed by atoms with van der Waals surface area (Å²) >= 11 is 9.21. The standard InChI is InChI=1S/C12H12BrClN2O2/c1-2-16-11(17)6-10(12(16)18)15-9-4-3-7(14)5-8(9)13/h3-5,10,15H,2,6H2,1H3. The summed E-state index contributed by atoms with van der Waals surface area (Å²) in [5, 5.41) is 3.67. The molecular weight excluding hydrogens is 320 g/mol. The Bertz CT molecular complexity index is 507. The molecular formula is C12H12BrClN2O2. The number of anilines is 1. The maximum absolute atomic E-state index is 11.9. The number of hydrogen-bond acceptors (Lipinski definition) is 3. The summed E-state index contributed by atoms with van der Waals surface area (Å²) in [7, 11) is 0. The molecule has 18 heavy (non-hydrogen) atoms. The van der Waals surface area contributed by atoms with Gasteiger partial charge in [-0.3, -0.25) is 14.5 Å². The number of carbonyl (C=O) groups is 2. The Morgan fingerprint density at radius 3 is 2.78 bits per heavy atom. The Kier molecular flexibility index (Phi) is 3.92. The monoisotopic (exact) mass is 330 g/mol. The van der Waals surface area contributed by atoms with Crippen LogP contribution in [0.2, 0.25) is 5.02 Å². The largest absolute Gasteiger partial charge is 0.372 e. The molecule has 2 amide bonds. The van der Waals surface area contributed by atoms with Gasteiger partial charge in [0.2, 0.25) is 5.91 Å². The highest BCUT2D eigenvalue weighted by molar-refractivity contribution is 9.10. The fourth-order valence-electron chi connectivity index (χ4n) is 1.92. The number of likely N-dealkylation sites (N-methyl/N-ethyl adjacent to an activating group) is 1. The van der Waals surface area contributed by atoms with E-state index < -0.39 is 6.04 Å². The van der Waals surface area contributed by atoms with E-state index in [0.717, 1.165) is 10.2 Å². The molecule has 0 aliphatic carbocycles. The first-order valence-electron chi connectivity index (χ1n) is 5.58. The summed E-state index contributed by atoms with van der Waals surface area (Å²) in [4.78, 5) is 24.8. The van der Waals surface area contributed by atoms with Crippen LogP contribution in [0.4, 0.5) is 5.69 Å². The second-order valence-electron chi connectivity index (χ2n) is 4.00. The van der Waals surface area contributed by atoms with Crippen LogP contribution in [0.5, 0.6) is 0 Å². The smallest absolute Gasteiger partial charge is 0.252 e. The molecule has 1 aliphatic heterocycles. The lowest BCUT2D eigenvalue weighted by molar-refractivity contribution is -0.138. The summed E-state index contributed by atoms with van der Waals surface area (Å²) in [6.07, 6.45) is 0.196. The molecule has 1 unspecified atom stereocenters. The van der Waals surface area contributed by atoms with Crippen molar-refractivity contribution >= 4 is 45.0 Å². The van der Waals surface area contributed by atoms with E-state index in [9.17, 15) is 9.59 Å². The molecule has 0 bridgehead atoms. The van der Waals surface area contributed by atoms with Crippen LogP contribution in [0.1, 0.15) is 13.3 Å². The van der Waals surface area contributed by atoms with E-state index >= 15 is 0 Å². The van der Waals surface area contributed by atoms with Crippen molar-refractivity contribution in [2.75, 3.05) is 11.9 Å². The topological polar surface area (TPSA) is 49.4 Å². The van der Waals surface area contributed by atoms with Gasteiger partial charge in [0.1, 0.15) is 6.04 Å². The van der Waals surface area contributed by atoms with Gasteiger partial charge in [0, 0.05) is 21.7 Å². The Morgan fingerprint density at radius 2 is 2.22 bits per heavy atom. The highest BCUT2D eigenvalue weighted by Crippen LogP contribution is 2.28. The van der Waals surface area contributed by atoms with Crippen molar-refractivity contribution in [3.05, 3.63) is 27.7 Å². The number of amides is 2. The van der Waals surface area contributed by atoms with Crippen LogP contribution < -0.4 is 5.32 Å². The number of nitrogens with one attached hydrogen (secondary N) is 1. The first-order chi connectivity index (χ1) is 8.52. The molecule has 1 fully saturated rings. The van der Waals surface area contributed by atoms with Crippen molar-refractivity contribution in [2.45, 2.75) is 19.4 Å². The molecule has 0 aromatic heterocycles. The van der Waals surface area contributed by atoms with E-state index in [2.05, 4.69) is 21.2 Å². The van der Waals surface area contributed by atoms with Gasteiger partial charge in [-0.25, -0.2) is 0 Å². The first-order valence-corrected chi connectivity index (χ1v) is 6.75. The number of hydrogen-bond donors (Lipinski definition) is 1. The van der Waals surface area contributed by atoms with E-state index in [-0.39, 0.29) is 18.2 Å². The number of halogens is 2. The van der Waals surface area contributed by atoms with Gasteiger partial charge in [0.15, 0.2) is 0 Å². The van der Waals surface area contributed by atoms with Crippen LogP contribution in [-0.4, -0.2) is 29.3 Å². The molecule has 0 radical (unpaired) electrons. The number of benzene rings is 1. The van der Waals surface area contributed by atoms with E-state index in [0.29, 0.717) is 11.6 Å². The van der Waals surface area contributed by atoms with E-state index in [1.807, 2.05) is 0 Å². The lowest BCUT2D eigenvalue weighted by atomic mass is 10.2. The van der Waals surface area contributed by atoms with Crippen molar-refractivity contribution in [2.24, 2.45) is 0 Å². The second kappa shape index (κ2) is 5.28. The summed E-state index contributed by atoms with van der Waals surface area (Å²) in [5.74, 6) is -0.311. The minimum atomic E-state index is -0.491. The highest BCUT2D eigenvalue weighted by atomic mass is 79.9. The zero-order valence-corrected chi connectivity index (χ0v) is 12.1. The van der Waals surface area contributed by atoms with Crippen molar-refractivity contribution in [1.29, 1.82) is 0 Å². The number of rotatable bonds is 3. The maximum Gasteiger partial charge on any atom is 0.252 e. The average molecular weight is 332 g/mol. The summed E-state index contributed by atoms with van der Waals surface area (Å²) in [6.45, 7) is 2.20. The number of imide groups is 1. The van der Waals surface area contributed by atoms with Crippen molar-refractivity contribution in [1.82, 2.24) is 4.90 Å². The van der Waals surface area contributed by atoms with Crippen LogP contribution in [0.25, 0.3) is 0 Å². The molecule has 6 heteroatoms. The third-order valence-electron chi connectivity index (χ3n) is 2.82. The normalized spacial score (nSPS) is 19.5. The molecule has 2 rings (SSSR count). The predicted octanol–water partition coefficient (Wildman–Crippen LogP) is 2.66. The third kappa shape index (κ3) is 2.52. The number of nitrogens with zero attached hydrogens (tertiary/aromatic N) is 1. The molecule has 1 aromatic carbocycles. The number of carbonyl (C=O) groups excluding carboxylic acids is 2. The van der Waals surface area contributed by atoms with Gasteiger partial charge in [-0.1, -0.05) is 11.6 Å². The minimum Gasteiger partial charge on any atom is -0.372 e. The first kappa shape index (κ1) is 13.4. The second-order valence-corrected chi connectivity index (χ2v) is 5.29. The van der Waals surface area contributed by atoms with E-state index in [1.54, 1.807) is 25.1 Å². The lowest BCUT2D eigenvalue weighted by Crippen LogP contribution is -2.34. The quantitative estimate of drug-likeness (QED) is 0.866. The Balaban J connectivity index is 2.15. The fourth-order valence-corrected chi connectivity index (χ4v) is 2.72. The lowest BCUT2D eigenvalue weighted by Gasteiger charge is -2.15. The summed E-state index contributed by atoms with van der Waals surface area (Å²) < 4.78 is 0.769. The fraction of sp³-hybridized carbons (Fsp3) is 0.333. The van der Waals surface area contributed by atoms with Gasteiger partial charge in [-0.2, -0.15) is 0 Å². The molecule has 1 heterocycles. The molecule has 1 aliphatic rings. The SMILES string of the molecule is CCN1C(=O)CC(Nc2ccc(Cl)cc2Br)C1=O. The Morgan fingerprint density at radius 1 is 1.50 bits per heavy atom. The van der Waals surface area contributed by atoms with Crippen LogP contribution in [-0.2, 0) is 9.59 Å². The Labute approximate surface area is 118 Å². The van der Waals surface area contributed by atoms with E-state index in [1.165, 1.54) is 4.90 Å². The van der Waals surface area contributed by atoms with E-state index in [4.69, 9.17) is 11.6 Å². The Hall–Kier alpha value is -1.07. The maximum atomic E-state index is 11.9. The van der Waals surface area contributed by atoms with Crippen LogP contribution in [0, 0.1) is 0 Å². The molecule has 4 nitrogen and oxygen atoms in total. The van der Waals surface area contributed by atoms with Crippen molar-refractivity contribution in [3.8, 4) is 0 Å². The molecule has 0 saturated carbocycles. The molecule has 1 atom stereocenters. The molecule has 0 spiro atoms. The van der Waals surface area contributed by atoms with Crippen LogP contribution in [0.15, 0.2) is 22.7 Å². The van der Waals surface area contributed by atoms with Gasteiger partial charge in [-0.15, -0.1) is 0 Å². The molecule has 1 saturated heterocycles. The average Bonchev–Trinajstić information content (AvgIpc) is 2.58. The van der Waals surface area contributed by atoms with Gasteiger partial charge in [0.05, 0.1) is 6.42 Å². The molecule has 1 N–H and O–H groups in total. The minimum absolute atomic E-state index is 0.134. The van der Waals surface area contributed by atoms with Gasteiger partial charge in [0.25, 0.3) is 5.91 Å². The van der Waals surface area contributed by atoms with Crippen molar-refractivity contribution in [3.63, 3.8) is 0 Å². The zero-order valence-electron chi connectivity index (χ0n) is 9.74. The van der Waals surface area contributed by atoms with Crippen LogP contribution in [0.3, 0.4) is 0 Å². The van der Waals surface area contributed by atoms with Gasteiger partial charge >= 0.3 is 0 Å². The highest BCUT2D eigenvalue weighted by Gasteiger charge is 2.37. The summed E-state index contributed by atoms with van der Waals surface area (Å²) in [5.41, 5.74) is 0.753. The molecule has 1 aromatic rings. The predicted molar refractivity (Wildman–Crippen MR) is 73.6 cm³/mol. The van der Waals surface area contributed by atoms with Crippen molar-refractivity contribution < 1.29 is 9.59 Å². The molecule has 96 valence electrons. The van der Waals surface area contributed by atoms with Gasteiger partial charge in [-0.05, 0) is 41.1 Å². The number of likely N-dealkylation sites (tertiary alicyclic amines) is 1. The van der Waals surface area contributed by atoms with Crippen LogP contribution >= 0.6 is 27.5 Å². The summed E-state index contributed by atoms with van der Waals surface area (Å²) in [6, 6.07) is 4.75. The zero-order chi connectivity index (χ0) is 13.3. The third-order valence-corrected chi connectivity index (χ3v) is 3.71. The van der Waals surface area contributed by atoms with Gasteiger partial charge < -0.3 is 5.32 Å².